The molecule has 0 spiro atoms. The quantitative estimate of drug-likeness (QED) is 0.332. The van der Waals surface area contributed by atoms with Gasteiger partial charge < -0.3 is 14.9 Å². The second-order valence-corrected chi connectivity index (χ2v) is 10.1. The van der Waals surface area contributed by atoms with Crippen LogP contribution in [0.3, 0.4) is 0 Å². The lowest BCUT2D eigenvalue weighted by atomic mass is 10.2. The molecule has 4 rings (SSSR count). The van der Waals surface area contributed by atoms with E-state index in [9.17, 15) is 14.4 Å². The molecule has 2 fully saturated rings. The Kier molecular flexibility index (Phi) is 7.64. The molecule has 0 aromatic carbocycles. The van der Waals surface area contributed by atoms with Crippen LogP contribution in [0.1, 0.15) is 31.2 Å². The predicted octanol–water partition coefficient (Wildman–Crippen LogP) is 2.29. The van der Waals surface area contributed by atoms with Crippen molar-refractivity contribution in [3.8, 4) is 0 Å². The molecule has 1 N–H and O–H groups in total. The van der Waals surface area contributed by atoms with Gasteiger partial charge in [0, 0.05) is 45.3 Å². The van der Waals surface area contributed by atoms with E-state index in [1.54, 1.807) is 24.4 Å². The number of hydrogen-bond acceptors (Lipinski definition) is 8. The van der Waals surface area contributed by atoms with Gasteiger partial charge in [-0.05, 0) is 38.1 Å². The number of rotatable bonds is 8. The zero-order chi connectivity index (χ0) is 24.2. The standard InChI is InChI=1S/C23H27N5O4S2/c1-25-11-13-26(14-12-25)20-16(21(31)27-9-6-4-7-18(27)24-20)15-17-22(32)28(23(33)34-17)10-5-2-3-8-19(29)30/h4,6-7,9,15H,2-3,5,8,10-14H2,1H3,(H,29,30). The second kappa shape index (κ2) is 10.7. The van der Waals surface area contributed by atoms with Crippen LogP contribution in [0.2, 0.25) is 0 Å². The van der Waals surface area contributed by atoms with Crippen LogP contribution >= 0.6 is 24.0 Å². The van der Waals surface area contributed by atoms with Crippen molar-refractivity contribution in [2.45, 2.75) is 25.7 Å². The highest BCUT2D eigenvalue weighted by Crippen LogP contribution is 2.34. The Hall–Kier alpha value is -2.76. The number of aliphatic carboxylic acids is 1. The van der Waals surface area contributed by atoms with Crippen LogP contribution in [0.5, 0.6) is 0 Å². The zero-order valence-corrected chi connectivity index (χ0v) is 20.6. The van der Waals surface area contributed by atoms with Gasteiger partial charge in [0.05, 0.1) is 10.5 Å². The first-order valence-corrected chi connectivity index (χ1v) is 12.5. The highest BCUT2D eigenvalue weighted by atomic mass is 32.2. The normalized spacial score (nSPS) is 18.4. The summed E-state index contributed by atoms with van der Waals surface area (Å²) in [5.41, 5.74) is 0.723. The summed E-state index contributed by atoms with van der Waals surface area (Å²) in [7, 11) is 2.06. The molecule has 0 bridgehead atoms. The molecule has 4 heterocycles. The molecule has 11 heteroatoms. The van der Waals surface area contributed by atoms with Gasteiger partial charge in [-0.25, -0.2) is 4.98 Å². The van der Waals surface area contributed by atoms with E-state index in [-0.39, 0.29) is 17.9 Å². The number of thioether (sulfide) groups is 1. The number of pyridine rings is 1. The minimum atomic E-state index is -0.819. The molecule has 2 aliphatic heterocycles. The largest absolute Gasteiger partial charge is 0.481 e. The number of carboxylic acid groups (broad SMARTS) is 1. The Morgan fingerprint density at radius 3 is 2.68 bits per heavy atom. The fourth-order valence-electron chi connectivity index (χ4n) is 4.02. The molecule has 0 radical (unpaired) electrons. The summed E-state index contributed by atoms with van der Waals surface area (Å²) < 4.78 is 1.94. The van der Waals surface area contributed by atoms with E-state index in [1.165, 1.54) is 21.1 Å². The summed E-state index contributed by atoms with van der Waals surface area (Å²) in [5, 5.41) is 8.77. The molecule has 180 valence electrons. The van der Waals surface area contributed by atoms with Crippen molar-refractivity contribution in [3.63, 3.8) is 0 Å². The molecule has 2 aromatic rings. The number of thiocarbonyl (C=S) groups is 1. The number of hydrogen-bond donors (Lipinski definition) is 1. The van der Waals surface area contributed by atoms with Gasteiger partial charge >= 0.3 is 5.97 Å². The lowest BCUT2D eigenvalue weighted by molar-refractivity contribution is -0.137. The molecule has 9 nitrogen and oxygen atoms in total. The summed E-state index contributed by atoms with van der Waals surface area (Å²) in [6.07, 6.45) is 5.36. The predicted molar refractivity (Wildman–Crippen MR) is 137 cm³/mol. The number of aromatic nitrogens is 2. The highest BCUT2D eigenvalue weighted by molar-refractivity contribution is 8.26. The monoisotopic (exact) mass is 501 g/mol. The summed E-state index contributed by atoms with van der Waals surface area (Å²) in [4.78, 5) is 48.3. The Morgan fingerprint density at radius 1 is 1.18 bits per heavy atom. The third kappa shape index (κ3) is 5.31. The number of carboxylic acids is 1. The van der Waals surface area contributed by atoms with Gasteiger partial charge in [0.2, 0.25) is 0 Å². The van der Waals surface area contributed by atoms with Gasteiger partial charge in [-0.15, -0.1) is 0 Å². The third-order valence-corrected chi connectivity index (χ3v) is 7.35. The molecular weight excluding hydrogens is 474 g/mol. The fraction of sp³-hybridized carbons (Fsp3) is 0.435. The van der Waals surface area contributed by atoms with Crippen molar-refractivity contribution in [2.75, 3.05) is 44.7 Å². The Bertz CT molecular complexity index is 1200. The molecule has 2 saturated heterocycles. The molecule has 0 unspecified atom stereocenters. The lowest BCUT2D eigenvalue weighted by Crippen LogP contribution is -2.45. The molecule has 34 heavy (non-hydrogen) atoms. The topological polar surface area (TPSA) is 98.5 Å². The van der Waals surface area contributed by atoms with Crippen LogP contribution in [-0.2, 0) is 9.59 Å². The fourth-order valence-corrected chi connectivity index (χ4v) is 5.31. The summed E-state index contributed by atoms with van der Waals surface area (Å²) in [6.45, 7) is 3.63. The second-order valence-electron chi connectivity index (χ2n) is 8.41. The average molecular weight is 502 g/mol. The molecule has 0 saturated carbocycles. The van der Waals surface area contributed by atoms with E-state index >= 15 is 0 Å². The SMILES string of the molecule is CN1CCN(c2nc3ccccn3c(=O)c2C=C2SC(=S)N(CCCCCC(=O)O)C2=O)CC1. The van der Waals surface area contributed by atoms with Crippen LogP contribution in [0.4, 0.5) is 5.82 Å². The first-order chi connectivity index (χ1) is 16.3. The van der Waals surface area contributed by atoms with Gasteiger partial charge in [-0.2, -0.15) is 0 Å². The summed E-state index contributed by atoms with van der Waals surface area (Å²) >= 11 is 6.62. The number of unbranched alkanes of at least 4 members (excludes halogenated alkanes) is 2. The smallest absolute Gasteiger partial charge is 0.303 e. The van der Waals surface area contributed by atoms with Gasteiger partial charge in [-0.1, -0.05) is 36.5 Å². The van der Waals surface area contributed by atoms with E-state index in [2.05, 4.69) is 16.8 Å². The number of carbonyl (C=O) groups is 2. The van der Waals surface area contributed by atoms with Crippen LogP contribution in [0, 0.1) is 0 Å². The Labute approximate surface area is 207 Å². The lowest BCUT2D eigenvalue weighted by Gasteiger charge is -2.34. The first-order valence-electron chi connectivity index (χ1n) is 11.3. The zero-order valence-electron chi connectivity index (χ0n) is 19.0. The number of fused-ring (bicyclic) bond motifs is 1. The van der Waals surface area contributed by atoms with Crippen molar-refractivity contribution in [2.24, 2.45) is 0 Å². The molecule has 0 aliphatic carbocycles. The molecule has 2 aliphatic rings. The average Bonchev–Trinajstić information content (AvgIpc) is 3.08. The maximum Gasteiger partial charge on any atom is 0.303 e. The van der Waals surface area contributed by atoms with Crippen molar-refractivity contribution < 1.29 is 14.7 Å². The van der Waals surface area contributed by atoms with Crippen LogP contribution in [0.25, 0.3) is 11.7 Å². The highest BCUT2D eigenvalue weighted by Gasteiger charge is 2.32. The van der Waals surface area contributed by atoms with E-state index in [4.69, 9.17) is 22.3 Å². The Morgan fingerprint density at radius 2 is 1.94 bits per heavy atom. The van der Waals surface area contributed by atoms with Gasteiger partial charge in [-0.3, -0.25) is 23.7 Å². The third-order valence-electron chi connectivity index (χ3n) is 5.97. The van der Waals surface area contributed by atoms with Crippen LogP contribution < -0.4 is 10.5 Å². The van der Waals surface area contributed by atoms with Crippen molar-refractivity contribution in [1.29, 1.82) is 0 Å². The minimum absolute atomic E-state index is 0.117. The van der Waals surface area contributed by atoms with Crippen LogP contribution in [0.15, 0.2) is 34.1 Å². The Balaban J connectivity index is 1.62. The van der Waals surface area contributed by atoms with E-state index < -0.39 is 5.97 Å². The summed E-state index contributed by atoms with van der Waals surface area (Å²) in [5.74, 6) is -0.460. The number of carbonyl (C=O) groups excluding carboxylic acids is 1. The number of amides is 1. The van der Waals surface area contributed by atoms with Gasteiger partial charge in [0.15, 0.2) is 0 Å². The van der Waals surface area contributed by atoms with E-state index in [0.29, 0.717) is 52.1 Å². The van der Waals surface area contributed by atoms with Crippen molar-refractivity contribution in [1.82, 2.24) is 19.2 Å². The van der Waals surface area contributed by atoms with E-state index in [0.717, 1.165) is 26.2 Å². The molecular formula is C23H27N5O4S2. The van der Waals surface area contributed by atoms with Crippen LogP contribution in [-0.4, -0.2) is 80.3 Å². The van der Waals surface area contributed by atoms with Crippen molar-refractivity contribution in [3.05, 3.63) is 45.2 Å². The number of likely N-dealkylation sites (N-methyl/N-ethyl adjacent to an activating group) is 1. The maximum atomic E-state index is 13.4. The molecule has 1 amide bonds. The molecule has 0 atom stereocenters. The summed E-state index contributed by atoms with van der Waals surface area (Å²) in [6, 6.07) is 5.42. The number of nitrogens with zero attached hydrogens (tertiary/aromatic N) is 5. The molecule has 2 aromatic heterocycles. The van der Waals surface area contributed by atoms with Gasteiger partial charge in [0.1, 0.15) is 15.8 Å². The van der Waals surface area contributed by atoms with Crippen molar-refractivity contribution >= 4 is 57.7 Å². The first kappa shape index (κ1) is 24.4. The number of piperazine rings is 1. The number of anilines is 1. The van der Waals surface area contributed by atoms with E-state index in [1.807, 2.05) is 6.07 Å². The van der Waals surface area contributed by atoms with Gasteiger partial charge in [0.25, 0.3) is 11.5 Å². The minimum Gasteiger partial charge on any atom is -0.481 e. The maximum absolute atomic E-state index is 13.4.